The van der Waals surface area contributed by atoms with Gasteiger partial charge in [-0.05, 0) is 6.92 Å². The normalized spacial score (nSPS) is 11.6. The van der Waals surface area contributed by atoms with Gasteiger partial charge in [0.25, 0.3) is 0 Å². The molecule has 5 nitrogen and oxygen atoms in total. The van der Waals surface area contributed by atoms with Crippen LogP contribution in [0.15, 0.2) is 0 Å². The molecule has 0 fully saturated rings. The number of carbonyl (C=O) groups excluding carboxylic acids is 3. The number of methoxy groups -OCH3 is 1. The molecule has 0 aromatic heterocycles. The first-order chi connectivity index (χ1) is 5.97. The molecule has 0 aromatic rings. The van der Waals surface area contributed by atoms with Gasteiger partial charge in [0.05, 0.1) is 13.5 Å². The molecule has 5 heteroatoms. The van der Waals surface area contributed by atoms with Crippen molar-refractivity contribution in [3.8, 4) is 0 Å². The van der Waals surface area contributed by atoms with E-state index < -0.39 is 23.8 Å². The Labute approximate surface area is 76.0 Å². The standard InChI is InChI=1S/C8H12O5/c1-5(4-7(10)12-3)13-8(11)6(2)9/h5H,4H2,1-3H3. The predicted molar refractivity (Wildman–Crippen MR) is 42.9 cm³/mol. The molecule has 1 unspecified atom stereocenters. The first-order valence-corrected chi connectivity index (χ1v) is 3.75. The van der Waals surface area contributed by atoms with Crippen LogP contribution in [0.5, 0.6) is 0 Å². The molecule has 0 spiro atoms. The molecule has 0 aromatic carbocycles. The van der Waals surface area contributed by atoms with Crippen molar-refractivity contribution in [2.24, 2.45) is 0 Å². The van der Waals surface area contributed by atoms with E-state index in [9.17, 15) is 14.4 Å². The molecule has 0 saturated heterocycles. The van der Waals surface area contributed by atoms with E-state index in [1.54, 1.807) is 0 Å². The highest BCUT2D eigenvalue weighted by Gasteiger charge is 2.16. The summed E-state index contributed by atoms with van der Waals surface area (Å²) in [5.41, 5.74) is 0. The van der Waals surface area contributed by atoms with E-state index in [1.165, 1.54) is 14.0 Å². The third kappa shape index (κ3) is 4.95. The van der Waals surface area contributed by atoms with Crippen LogP contribution in [-0.4, -0.2) is 30.9 Å². The minimum absolute atomic E-state index is 0.0461. The van der Waals surface area contributed by atoms with Crippen LogP contribution in [0.4, 0.5) is 0 Å². The zero-order valence-electron chi connectivity index (χ0n) is 7.83. The summed E-state index contributed by atoms with van der Waals surface area (Å²) in [5, 5.41) is 0. The van der Waals surface area contributed by atoms with E-state index >= 15 is 0 Å². The molecule has 0 heterocycles. The van der Waals surface area contributed by atoms with Crippen molar-refractivity contribution in [2.75, 3.05) is 7.11 Å². The molecule has 0 amide bonds. The molecule has 0 aliphatic carbocycles. The zero-order valence-corrected chi connectivity index (χ0v) is 7.83. The molecular weight excluding hydrogens is 176 g/mol. The van der Waals surface area contributed by atoms with Crippen LogP contribution in [0.25, 0.3) is 0 Å². The third-order valence-corrected chi connectivity index (χ3v) is 1.28. The van der Waals surface area contributed by atoms with Crippen molar-refractivity contribution < 1.29 is 23.9 Å². The molecule has 13 heavy (non-hydrogen) atoms. The van der Waals surface area contributed by atoms with Crippen LogP contribution in [0.2, 0.25) is 0 Å². The number of esters is 2. The maximum Gasteiger partial charge on any atom is 0.374 e. The van der Waals surface area contributed by atoms with E-state index in [0.29, 0.717) is 0 Å². The van der Waals surface area contributed by atoms with Crippen LogP contribution in [-0.2, 0) is 23.9 Å². The molecule has 0 N–H and O–H groups in total. The fraction of sp³-hybridized carbons (Fsp3) is 0.625. The van der Waals surface area contributed by atoms with Gasteiger partial charge in [0.2, 0.25) is 5.78 Å². The second kappa shape index (κ2) is 5.29. The van der Waals surface area contributed by atoms with Crippen molar-refractivity contribution in [1.82, 2.24) is 0 Å². The summed E-state index contributed by atoms with van der Waals surface area (Å²) in [7, 11) is 1.24. The van der Waals surface area contributed by atoms with Crippen LogP contribution in [0, 0.1) is 0 Å². The van der Waals surface area contributed by atoms with Gasteiger partial charge in [-0.1, -0.05) is 0 Å². The Morgan fingerprint density at radius 2 is 1.85 bits per heavy atom. The van der Waals surface area contributed by atoms with Gasteiger partial charge < -0.3 is 9.47 Å². The quantitative estimate of drug-likeness (QED) is 0.461. The number of rotatable bonds is 4. The monoisotopic (exact) mass is 188 g/mol. The van der Waals surface area contributed by atoms with Gasteiger partial charge in [0, 0.05) is 6.92 Å². The first-order valence-electron chi connectivity index (χ1n) is 3.75. The largest absolute Gasteiger partial charge is 0.469 e. The Hall–Kier alpha value is -1.39. The second-order valence-corrected chi connectivity index (χ2v) is 2.55. The van der Waals surface area contributed by atoms with E-state index in [2.05, 4.69) is 9.47 Å². The first kappa shape index (κ1) is 11.6. The molecule has 0 saturated carbocycles. The minimum atomic E-state index is -0.934. The smallest absolute Gasteiger partial charge is 0.374 e. The Bertz CT molecular complexity index is 221. The number of ether oxygens (including phenoxy) is 2. The molecule has 74 valence electrons. The second-order valence-electron chi connectivity index (χ2n) is 2.55. The summed E-state index contributed by atoms with van der Waals surface area (Å²) >= 11 is 0. The van der Waals surface area contributed by atoms with Crippen LogP contribution in [0.3, 0.4) is 0 Å². The van der Waals surface area contributed by atoms with Gasteiger partial charge in [-0.2, -0.15) is 0 Å². The van der Waals surface area contributed by atoms with Gasteiger partial charge in [-0.3, -0.25) is 9.59 Å². The minimum Gasteiger partial charge on any atom is -0.469 e. The lowest BCUT2D eigenvalue weighted by molar-refractivity contribution is -0.159. The number of Topliss-reactive ketones (excluding diaryl/α,β-unsaturated/α-hetero) is 1. The predicted octanol–water partition coefficient (Wildman–Crippen LogP) is 0.0702. The van der Waals surface area contributed by atoms with E-state index in [4.69, 9.17) is 0 Å². The maximum absolute atomic E-state index is 10.7. The topological polar surface area (TPSA) is 69.7 Å². The highest BCUT2D eigenvalue weighted by Crippen LogP contribution is 1.99. The third-order valence-electron chi connectivity index (χ3n) is 1.28. The Morgan fingerprint density at radius 3 is 2.23 bits per heavy atom. The average molecular weight is 188 g/mol. The molecule has 0 bridgehead atoms. The SMILES string of the molecule is COC(=O)CC(C)OC(=O)C(C)=O. The van der Waals surface area contributed by atoms with Gasteiger partial charge in [0.15, 0.2) is 0 Å². The Balaban J connectivity index is 3.87. The zero-order chi connectivity index (χ0) is 10.4. The fourth-order valence-electron chi connectivity index (χ4n) is 0.625. The van der Waals surface area contributed by atoms with Crippen molar-refractivity contribution in [1.29, 1.82) is 0 Å². The van der Waals surface area contributed by atoms with Crippen molar-refractivity contribution in [3.05, 3.63) is 0 Å². The summed E-state index contributed by atoms with van der Waals surface area (Å²) in [6.07, 6.45) is -0.681. The summed E-state index contributed by atoms with van der Waals surface area (Å²) in [6.45, 7) is 2.62. The van der Waals surface area contributed by atoms with Crippen LogP contribution < -0.4 is 0 Å². The van der Waals surface area contributed by atoms with Gasteiger partial charge in [0.1, 0.15) is 6.10 Å². The van der Waals surface area contributed by atoms with Crippen LogP contribution in [0.1, 0.15) is 20.3 Å². The maximum atomic E-state index is 10.7. The Morgan fingerprint density at radius 1 is 1.31 bits per heavy atom. The van der Waals surface area contributed by atoms with Crippen molar-refractivity contribution >= 4 is 17.7 Å². The molecule has 0 rings (SSSR count). The molecule has 0 aliphatic rings. The number of carbonyl (C=O) groups is 3. The lowest BCUT2D eigenvalue weighted by Crippen LogP contribution is -2.23. The summed E-state index contributed by atoms with van der Waals surface area (Å²) in [6, 6.07) is 0. The average Bonchev–Trinajstić information content (AvgIpc) is 2.03. The number of hydrogen-bond donors (Lipinski definition) is 0. The Kier molecular flexibility index (Phi) is 4.72. The summed E-state index contributed by atoms with van der Waals surface area (Å²) in [4.78, 5) is 31.8. The van der Waals surface area contributed by atoms with Crippen molar-refractivity contribution in [3.63, 3.8) is 0 Å². The van der Waals surface area contributed by atoms with Crippen LogP contribution >= 0.6 is 0 Å². The number of ketones is 1. The highest BCUT2D eigenvalue weighted by atomic mass is 16.6. The lowest BCUT2D eigenvalue weighted by Gasteiger charge is -2.09. The van der Waals surface area contributed by atoms with E-state index in [-0.39, 0.29) is 6.42 Å². The summed E-state index contributed by atoms with van der Waals surface area (Å²) in [5.74, 6) is -2.10. The van der Waals surface area contributed by atoms with Gasteiger partial charge in [-0.25, -0.2) is 4.79 Å². The fourth-order valence-corrected chi connectivity index (χ4v) is 0.625. The number of hydrogen-bond acceptors (Lipinski definition) is 5. The summed E-state index contributed by atoms with van der Waals surface area (Å²) < 4.78 is 8.94. The molecule has 1 atom stereocenters. The van der Waals surface area contributed by atoms with Crippen molar-refractivity contribution in [2.45, 2.75) is 26.4 Å². The molecular formula is C8H12O5. The lowest BCUT2D eigenvalue weighted by atomic mass is 10.3. The highest BCUT2D eigenvalue weighted by molar-refractivity contribution is 6.32. The van der Waals surface area contributed by atoms with Gasteiger partial charge in [-0.15, -0.1) is 0 Å². The molecule has 0 aliphatic heterocycles. The van der Waals surface area contributed by atoms with E-state index in [1.807, 2.05) is 0 Å². The molecule has 0 radical (unpaired) electrons. The van der Waals surface area contributed by atoms with E-state index in [0.717, 1.165) is 6.92 Å². The van der Waals surface area contributed by atoms with Gasteiger partial charge >= 0.3 is 11.9 Å².